The molecule has 0 atom stereocenters. The standard InChI is InChI=1S/C8H5F3N4O2S2/c9-3-1-5(11)6(2-4(3)10)15-19(16,17)8-14-13-7(12)18-8/h1-2,15H,(H2,12,13). The molecule has 0 radical (unpaired) electrons. The second kappa shape index (κ2) is 4.66. The van der Waals surface area contributed by atoms with Gasteiger partial charge < -0.3 is 5.73 Å². The molecule has 1 aromatic carbocycles. The van der Waals surface area contributed by atoms with Gasteiger partial charge in [0.25, 0.3) is 14.4 Å². The van der Waals surface area contributed by atoms with Gasteiger partial charge in [0.1, 0.15) is 5.82 Å². The Labute approximate surface area is 109 Å². The van der Waals surface area contributed by atoms with Gasteiger partial charge in [-0.15, -0.1) is 10.2 Å². The summed E-state index contributed by atoms with van der Waals surface area (Å²) in [5.74, 6) is -4.09. The van der Waals surface area contributed by atoms with Gasteiger partial charge in [0.05, 0.1) is 5.69 Å². The first kappa shape index (κ1) is 13.5. The summed E-state index contributed by atoms with van der Waals surface area (Å²) in [7, 11) is -4.26. The number of nitrogens with two attached hydrogens (primary N) is 1. The second-order valence-electron chi connectivity index (χ2n) is 3.26. The molecule has 0 aliphatic heterocycles. The fraction of sp³-hybridized carbons (Fsp3) is 0. The minimum absolute atomic E-state index is 0.105. The Morgan fingerprint density at radius 3 is 2.32 bits per heavy atom. The van der Waals surface area contributed by atoms with E-state index in [9.17, 15) is 21.6 Å². The van der Waals surface area contributed by atoms with E-state index in [1.807, 2.05) is 0 Å². The Hall–Kier alpha value is -1.88. The van der Waals surface area contributed by atoms with Crippen molar-refractivity contribution in [2.45, 2.75) is 4.34 Å². The fourth-order valence-corrected chi connectivity index (χ4v) is 2.96. The zero-order valence-corrected chi connectivity index (χ0v) is 10.5. The van der Waals surface area contributed by atoms with Gasteiger partial charge in [-0.05, 0) is 0 Å². The molecule has 2 aromatic rings. The molecule has 11 heteroatoms. The monoisotopic (exact) mass is 310 g/mol. The van der Waals surface area contributed by atoms with Crippen LogP contribution in [0, 0.1) is 17.5 Å². The molecule has 0 amide bonds. The van der Waals surface area contributed by atoms with Gasteiger partial charge >= 0.3 is 0 Å². The fourth-order valence-electron chi connectivity index (χ4n) is 1.12. The van der Waals surface area contributed by atoms with E-state index < -0.39 is 37.5 Å². The molecule has 0 aliphatic carbocycles. The van der Waals surface area contributed by atoms with Crippen LogP contribution in [0.15, 0.2) is 16.5 Å². The number of anilines is 2. The summed E-state index contributed by atoms with van der Waals surface area (Å²) in [4.78, 5) is 0. The summed E-state index contributed by atoms with van der Waals surface area (Å²) >= 11 is 0.542. The van der Waals surface area contributed by atoms with Gasteiger partial charge in [0.2, 0.25) is 5.13 Å². The van der Waals surface area contributed by atoms with Crippen molar-refractivity contribution < 1.29 is 21.6 Å². The summed E-state index contributed by atoms with van der Waals surface area (Å²) in [6.07, 6.45) is 0. The zero-order valence-electron chi connectivity index (χ0n) is 8.89. The van der Waals surface area contributed by atoms with Crippen LogP contribution in [0.4, 0.5) is 24.0 Å². The Balaban J connectivity index is 2.38. The van der Waals surface area contributed by atoms with Gasteiger partial charge in [-0.1, -0.05) is 11.3 Å². The molecule has 3 N–H and O–H groups in total. The molecule has 2 rings (SSSR count). The van der Waals surface area contributed by atoms with E-state index in [0.29, 0.717) is 17.4 Å². The number of nitrogens with zero attached hydrogens (tertiary/aromatic N) is 2. The highest BCUT2D eigenvalue weighted by Crippen LogP contribution is 2.24. The average molecular weight is 310 g/mol. The van der Waals surface area contributed by atoms with Gasteiger partial charge in [-0.25, -0.2) is 13.2 Å². The van der Waals surface area contributed by atoms with E-state index in [4.69, 9.17) is 5.73 Å². The minimum Gasteiger partial charge on any atom is -0.374 e. The van der Waals surface area contributed by atoms with Crippen LogP contribution in [-0.2, 0) is 10.0 Å². The average Bonchev–Trinajstić information content (AvgIpc) is 2.73. The van der Waals surface area contributed by atoms with Crippen LogP contribution in [0.2, 0.25) is 0 Å². The maximum Gasteiger partial charge on any atom is 0.291 e. The molecule has 0 bridgehead atoms. The van der Waals surface area contributed by atoms with Crippen molar-refractivity contribution in [2.24, 2.45) is 0 Å². The zero-order chi connectivity index (χ0) is 14.2. The lowest BCUT2D eigenvalue weighted by atomic mass is 10.3. The minimum atomic E-state index is -4.26. The van der Waals surface area contributed by atoms with Crippen molar-refractivity contribution in [2.75, 3.05) is 10.5 Å². The topological polar surface area (TPSA) is 98.0 Å². The molecule has 0 saturated heterocycles. The van der Waals surface area contributed by atoms with E-state index in [0.717, 1.165) is 0 Å². The van der Waals surface area contributed by atoms with E-state index in [-0.39, 0.29) is 11.2 Å². The lowest BCUT2D eigenvalue weighted by Crippen LogP contribution is -2.14. The van der Waals surface area contributed by atoms with Crippen molar-refractivity contribution in [3.63, 3.8) is 0 Å². The first-order valence-electron chi connectivity index (χ1n) is 4.56. The van der Waals surface area contributed by atoms with Gasteiger partial charge in [-0.2, -0.15) is 8.42 Å². The van der Waals surface area contributed by atoms with Crippen LogP contribution in [0.25, 0.3) is 0 Å². The number of rotatable bonds is 3. The number of hydrogen-bond donors (Lipinski definition) is 2. The number of halogens is 3. The Morgan fingerprint density at radius 1 is 1.11 bits per heavy atom. The van der Waals surface area contributed by atoms with Crippen LogP contribution in [0.5, 0.6) is 0 Å². The quantitative estimate of drug-likeness (QED) is 0.834. The molecule has 0 aliphatic rings. The summed E-state index contributed by atoms with van der Waals surface area (Å²) in [6.45, 7) is 0. The first-order chi connectivity index (χ1) is 8.79. The number of nitrogen functional groups attached to an aromatic ring is 1. The molecule has 0 unspecified atom stereocenters. The smallest absolute Gasteiger partial charge is 0.291 e. The van der Waals surface area contributed by atoms with E-state index in [1.165, 1.54) is 0 Å². The molecule has 19 heavy (non-hydrogen) atoms. The van der Waals surface area contributed by atoms with Crippen molar-refractivity contribution in [1.29, 1.82) is 0 Å². The second-order valence-corrected chi connectivity index (χ2v) is 6.12. The molecular weight excluding hydrogens is 305 g/mol. The number of aromatic nitrogens is 2. The predicted octanol–water partition coefficient (Wildman–Crippen LogP) is 1.34. The normalized spacial score (nSPS) is 11.5. The van der Waals surface area contributed by atoms with Crippen LogP contribution in [0.3, 0.4) is 0 Å². The molecule has 1 aromatic heterocycles. The highest BCUT2D eigenvalue weighted by atomic mass is 32.2. The van der Waals surface area contributed by atoms with Crippen LogP contribution in [-0.4, -0.2) is 18.6 Å². The maximum absolute atomic E-state index is 13.3. The number of benzene rings is 1. The molecule has 102 valence electrons. The lowest BCUT2D eigenvalue weighted by Gasteiger charge is -2.06. The molecule has 0 fully saturated rings. The predicted molar refractivity (Wildman–Crippen MR) is 61.4 cm³/mol. The first-order valence-corrected chi connectivity index (χ1v) is 6.86. The van der Waals surface area contributed by atoms with E-state index in [2.05, 4.69) is 10.2 Å². The highest BCUT2D eigenvalue weighted by Gasteiger charge is 2.22. The summed E-state index contributed by atoms with van der Waals surface area (Å²) < 4.78 is 63.6. The molecule has 0 saturated carbocycles. The molecule has 0 spiro atoms. The van der Waals surface area contributed by atoms with E-state index >= 15 is 0 Å². The molecule has 1 heterocycles. The van der Waals surface area contributed by atoms with Crippen molar-refractivity contribution in [1.82, 2.24) is 10.2 Å². The summed E-state index contributed by atoms with van der Waals surface area (Å²) in [6, 6.07) is 0.605. The summed E-state index contributed by atoms with van der Waals surface area (Å²) in [5.41, 5.74) is 4.47. The third kappa shape index (κ3) is 2.76. The summed E-state index contributed by atoms with van der Waals surface area (Å²) in [5, 5.41) is 6.43. The lowest BCUT2D eigenvalue weighted by molar-refractivity contribution is 0.496. The van der Waals surface area contributed by atoms with Crippen molar-refractivity contribution in [3.05, 3.63) is 29.6 Å². The SMILES string of the molecule is Nc1nnc(S(=O)(=O)Nc2cc(F)c(F)cc2F)s1. The van der Waals surface area contributed by atoms with Gasteiger partial charge in [0, 0.05) is 12.1 Å². The molecule has 6 nitrogen and oxygen atoms in total. The number of hydrogen-bond acceptors (Lipinski definition) is 6. The van der Waals surface area contributed by atoms with E-state index in [1.54, 1.807) is 4.72 Å². The number of nitrogens with one attached hydrogen (secondary N) is 1. The third-order valence-corrected chi connectivity index (χ3v) is 4.39. The molecular formula is C8H5F3N4O2S2. The Morgan fingerprint density at radius 2 is 1.74 bits per heavy atom. The van der Waals surface area contributed by atoms with Gasteiger partial charge in [0.15, 0.2) is 11.6 Å². The van der Waals surface area contributed by atoms with Crippen molar-refractivity contribution in [3.8, 4) is 0 Å². The third-order valence-electron chi connectivity index (χ3n) is 1.91. The largest absolute Gasteiger partial charge is 0.374 e. The highest BCUT2D eigenvalue weighted by molar-refractivity contribution is 7.94. The van der Waals surface area contributed by atoms with Gasteiger partial charge in [-0.3, -0.25) is 4.72 Å². The van der Waals surface area contributed by atoms with Crippen LogP contribution < -0.4 is 10.5 Å². The maximum atomic E-state index is 13.3. The Bertz CT molecular complexity index is 732. The van der Waals surface area contributed by atoms with Crippen LogP contribution >= 0.6 is 11.3 Å². The number of sulfonamides is 1. The Kier molecular flexibility index (Phi) is 3.32. The van der Waals surface area contributed by atoms with Crippen LogP contribution in [0.1, 0.15) is 0 Å². The van der Waals surface area contributed by atoms with Crippen molar-refractivity contribution >= 4 is 32.2 Å².